The summed E-state index contributed by atoms with van der Waals surface area (Å²) in [6.07, 6.45) is 2.84. The number of carbonyl (C=O) groups is 2. The van der Waals surface area contributed by atoms with Gasteiger partial charge in [0.05, 0.1) is 12.0 Å². The molecule has 1 aliphatic carbocycles. The Morgan fingerprint density at radius 2 is 2.06 bits per heavy atom. The minimum absolute atomic E-state index is 0.225. The SMILES string of the molecule is CC(C)CC(N)C(=O)NC1CCCC1C(=O)O. The van der Waals surface area contributed by atoms with Gasteiger partial charge in [0.1, 0.15) is 0 Å². The summed E-state index contributed by atoms with van der Waals surface area (Å²) in [5.41, 5.74) is 5.76. The number of nitrogens with one attached hydrogen (secondary N) is 1. The molecule has 0 aromatic heterocycles. The lowest BCUT2D eigenvalue weighted by Crippen LogP contribution is -2.48. The van der Waals surface area contributed by atoms with Gasteiger partial charge in [0.15, 0.2) is 0 Å². The van der Waals surface area contributed by atoms with Gasteiger partial charge in [0, 0.05) is 6.04 Å². The largest absolute Gasteiger partial charge is 0.481 e. The molecule has 0 saturated heterocycles. The molecule has 0 radical (unpaired) electrons. The monoisotopic (exact) mass is 242 g/mol. The maximum atomic E-state index is 11.8. The summed E-state index contributed by atoms with van der Waals surface area (Å²) in [7, 11) is 0. The number of carboxylic acid groups (broad SMARTS) is 1. The highest BCUT2D eigenvalue weighted by Gasteiger charge is 2.34. The predicted octanol–water partition coefficient (Wildman–Crippen LogP) is 0.729. The molecule has 5 nitrogen and oxygen atoms in total. The van der Waals surface area contributed by atoms with E-state index >= 15 is 0 Å². The fraction of sp³-hybridized carbons (Fsp3) is 0.833. The molecule has 3 atom stereocenters. The van der Waals surface area contributed by atoms with Crippen molar-refractivity contribution in [3.63, 3.8) is 0 Å². The molecule has 1 rings (SSSR count). The van der Waals surface area contributed by atoms with Crippen LogP contribution in [-0.4, -0.2) is 29.1 Å². The van der Waals surface area contributed by atoms with Gasteiger partial charge in [0.2, 0.25) is 5.91 Å². The van der Waals surface area contributed by atoms with Crippen LogP contribution in [0.3, 0.4) is 0 Å². The zero-order valence-corrected chi connectivity index (χ0v) is 10.5. The van der Waals surface area contributed by atoms with Crippen LogP contribution >= 0.6 is 0 Å². The maximum Gasteiger partial charge on any atom is 0.308 e. The van der Waals surface area contributed by atoms with E-state index in [2.05, 4.69) is 5.32 Å². The van der Waals surface area contributed by atoms with Gasteiger partial charge in [-0.25, -0.2) is 0 Å². The smallest absolute Gasteiger partial charge is 0.308 e. The van der Waals surface area contributed by atoms with E-state index in [9.17, 15) is 9.59 Å². The molecular formula is C12H22N2O3. The van der Waals surface area contributed by atoms with Gasteiger partial charge in [0.25, 0.3) is 0 Å². The molecule has 1 aliphatic rings. The van der Waals surface area contributed by atoms with Crippen LogP contribution in [0.4, 0.5) is 0 Å². The lowest BCUT2D eigenvalue weighted by Gasteiger charge is -2.21. The van der Waals surface area contributed by atoms with Crippen LogP contribution in [0.2, 0.25) is 0 Å². The van der Waals surface area contributed by atoms with Crippen LogP contribution in [0, 0.1) is 11.8 Å². The quantitative estimate of drug-likeness (QED) is 0.662. The zero-order valence-electron chi connectivity index (χ0n) is 10.5. The van der Waals surface area contributed by atoms with Gasteiger partial charge in [-0.2, -0.15) is 0 Å². The van der Waals surface area contributed by atoms with Crippen molar-refractivity contribution in [3.8, 4) is 0 Å². The van der Waals surface area contributed by atoms with E-state index in [0.717, 1.165) is 12.8 Å². The van der Waals surface area contributed by atoms with Crippen LogP contribution in [-0.2, 0) is 9.59 Å². The van der Waals surface area contributed by atoms with E-state index in [-0.39, 0.29) is 11.9 Å². The second-order valence-electron chi connectivity index (χ2n) is 5.23. The molecule has 5 heteroatoms. The average Bonchev–Trinajstić information content (AvgIpc) is 2.64. The Balaban J connectivity index is 2.47. The normalized spacial score (nSPS) is 25.9. The van der Waals surface area contributed by atoms with E-state index < -0.39 is 17.9 Å². The van der Waals surface area contributed by atoms with Gasteiger partial charge in [-0.1, -0.05) is 20.3 Å². The third kappa shape index (κ3) is 4.00. The molecule has 0 spiro atoms. The predicted molar refractivity (Wildman–Crippen MR) is 64.3 cm³/mol. The van der Waals surface area contributed by atoms with E-state index in [4.69, 9.17) is 10.8 Å². The van der Waals surface area contributed by atoms with Crippen LogP contribution < -0.4 is 11.1 Å². The molecule has 1 amide bonds. The highest BCUT2D eigenvalue weighted by molar-refractivity contribution is 5.82. The Kier molecular flexibility index (Phi) is 4.93. The number of hydrogen-bond donors (Lipinski definition) is 3. The third-order valence-electron chi connectivity index (χ3n) is 3.22. The Hall–Kier alpha value is -1.10. The first-order valence-electron chi connectivity index (χ1n) is 6.20. The Labute approximate surface area is 102 Å². The maximum absolute atomic E-state index is 11.8. The minimum atomic E-state index is -0.828. The van der Waals surface area contributed by atoms with E-state index in [1.54, 1.807) is 0 Å². The number of aliphatic carboxylic acids is 1. The summed E-state index contributed by atoms with van der Waals surface area (Å²) in [6.45, 7) is 4.01. The van der Waals surface area contributed by atoms with Crippen LogP contribution in [0.1, 0.15) is 39.5 Å². The van der Waals surface area contributed by atoms with Crippen molar-refractivity contribution in [1.29, 1.82) is 0 Å². The number of carboxylic acids is 1. The van der Waals surface area contributed by atoms with E-state index in [1.165, 1.54) is 0 Å². The molecular weight excluding hydrogens is 220 g/mol. The van der Waals surface area contributed by atoms with Crippen molar-refractivity contribution in [1.82, 2.24) is 5.32 Å². The van der Waals surface area contributed by atoms with Gasteiger partial charge in [-0.3, -0.25) is 9.59 Å². The van der Waals surface area contributed by atoms with Crippen molar-refractivity contribution in [2.45, 2.75) is 51.6 Å². The fourth-order valence-corrected chi connectivity index (χ4v) is 2.33. The summed E-state index contributed by atoms with van der Waals surface area (Å²) in [5.74, 6) is -1.15. The molecule has 0 aromatic rings. The van der Waals surface area contributed by atoms with E-state index in [0.29, 0.717) is 18.8 Å². The second kappa shape index (κ2) is 6.00. The first-order chi connectivity index (χ1) is 7.91. The summed E-state index contributed by atoms with van der Waals surface area (Å²) in [4.78, 5) is 22.7. The van der Waals surface area contributed by atoms with Crippen molar-refractivity contribution in [2.24, 2.45) is 17.6 Å². The minimum Gasteiger partial charge on any atom is -0.481 e. The molecule has 0 aromatic carbocycles. The fourth-order valence-electron chi connectivity index (χ4n) is 2.33. The van der Waals surface area contributed by atoms with Gasteiger partial charge >= 0.3 is 5.97 Å². The summed E-state index contributed by atoms with van der Waals surface area (Å²) in [6, 6.07) is -0.789. The number of nitrogens with two attached hydrogens (primary N) is 1. The van der Waals surface area contributed by atoms with Crippen LogP contribution in [0.25, 0.3) is 0 Å². The van der Waals surface area contributed by atoms with Gasteiger partial charge in [-0.05, 0) is 25.2 Å². The van der Waals surface area contributed by atoms with Crippen molar-refractivity contribution >= 4 is 11.9 Å². The topological polar surface area (TPSA) is 92.4 Å². The molecule has 4 N–H and O–H groups in total. The number of hydrogen-bond acceptors (Lipinski definition) is 3. The van der Waals surface area contributed by atoms with Crippen molar-refractivity contribution < 1.29 is 14.7 Å². The lowest BCUT2D eigenvalue weighted by atomic mass is 10.0. The van der Waals surface area contributed by atoms with Crippen molar-refractivity contribution in [3.05, 3.63) is 0 Å². The Morgan fingerprint density at radius 1 is 1.41 bits per heavy atom. The van der Waals surface area contributed by atoms with E-state index in [1.807, 2.05) is 13.8 Å². The van der Waals surface area contributed by atoms with Gasteiger partial charge < -0.3 is 16.2 Å². The number of amides is 1. The van der Waals surface area contributed by atoms with Gasteiger partial charge in [-0.15, -0.1) is 0 Å². The summed E-state index contributed by atoms with van der Waals surface area (Å²) >= 11 is 0. The van der Waals surface area contributed by atoms with Crippen LogP contribution in [0.15, 0.2) is 0 Å². The average molecular weight is 242 g/mol. The molecule has 3 unspecified atom stereocenters. The Morgan fingerprint density at radius 3 is 2.59 bits per heavy atom. The number of carbonyl (C=O) groups excluding carboxylic acids is 1. The molecule has 1 fully saturated rings. The summed E-state index contributed by atoms with van der Waals surface area (Å²) in [5, 5.41) is 11.8. The standard InChI is InChI=1S/C12H22N2O3/c1-7(2)6-9(13)11(15)14-10-5-3-4-8(10)12(16)17/h7-10H,3-6,13H2,1-2H3,(H,14,15)(H,16,17). The molecule has 0 heterocycles. The molecule has 98 valence electrons. The zero-order chi connectivity index (χ0) is 13.0. The summed E-state index contributed by atoms with van der Waals surface area (Å²) < 4.78 is 0. The molecule has 1 saturated carbocycles. The Bertz CT molecular complexity index is 291. The lowest BCUT2D eigenvalue weighted by molar-refractivity contribution is -0.142. The van der Waals surface area contributed by atoms with Crippen molar-refractivity contribution in [2.75, 3.05) is 0 Å². The molecule has 17 heavy (non-hydrogen) atoms. The molecule has 0 aliphatic heterocycles. The highest BCUT2D eigenvalue weighted by atomic mass is 16.4. The second-order valence-corrected chi connectivity index (χ2v) is 5.23. The van der Waals surface area contributed by atoms with Crippen LogP contribution in [0.5, 0.6) is 0 Å². The molecule has 0 bridgehead atoms. The first-order valence-corrected chi connectivity index (χ1v) is 6.20. The number of rotatable bonds is 5. The highest BCUT2D eigenvalue weighted by Crippen LogP contribution is 2.25. The third-order valence-corrected chi connectivity index (χ3v) is 3.22. The first kappa shape index (κ1) is 14.0.